The number of ether oxygens (including phenoxy) is 2. The molecule has 0 bridgehead atoms. The number of hydrogen-bond donors (Lipinski definition) is 3. The summed E-state index contributed by atoms with van der Waals surface area (Å²) in [4.78, 5) is 10.2. The molecule has 2 saturated heterocycles. The summed E-state index contributed by atoms with van der Waals surface area (Å²) in [6.07, 6.45) is 3.24. The van der Waals surface area contributed by atoms with Crippen molar-refractivity contribution < 1.29 is 17.9 Å². The quantitative estimate of drug-likeness (QED) is 0.425. The molecule has 1 aromatic carbocycles. The number of nitrogens with one attached hydrogen (secondary N) is 3. The maximum atomic E-state index is 13.4. The number of H-pyrrole nitrogens is 1. The van der Waals surface area contributed by atoms with Crippen molar-refractivity contribution in [3.8, 4) is 11.8 Å². The van der Waals surface area contributed by atoms with Gasteiger partial charge in [0.1, 0.15) is 23.3 Å². The number of aromatic amines is 1. The van der Waals surface area contributed by atoms with Gasteiger partial charge in [0.2, 0.25) is 10.0 Å². The van der Waals surface area contributed by atoms with Crippen LogP contribution < -0.4 is 15.4 Å². The first-order valence-electron chi connectivity index (χ1n) is 12.3. The Labute approximate surface area is 216 Å². The number of sulfonamides is 1. The third-order valence-electron chi connectivity index (χ3n) is 7.09. The molecule has 0 saturated carbocycles. The molecule has 2 aromatic heterocycles. The average Bonchev–Trinajstić information content (AvgIpc) is 3.36. The molecule has 2 fully saturated rings. The first-order chi connectivity index (χ1) is 17.9. The van der Waals surface area contributed by atoms with Crippen LogP contribution in [0.3, 0.4) is 0 Å². The number of piperidine rings is 1. The van der Waals surface area contributed by atoms with Crippen LogP contribution in [-0.4, -0.2) is 87.2 Å². The molecule has 0 atom stereocenters. The van der Waals surface area contributed by atoms with E-state index in [1.807, 2.05) is 0 Å². The zero-order valence-electron chi connectivity index (χ0n) is 21.0. The molecule has 196 valence electrons. The van der Waals surface area contributed by atoms with Crippen molar-refractivity contribution in [2.75, 3.05) is 64.2 Å². The number of pyridine rings is 1. The summed E-state index contributed by atoms with van der Waals surface area (Å²) in [5.41, 5.74) is 2.38. The van der Waals surface area contributed by atoms with E-state index in [0.29, 0.717) is 53.0 Å². The fourth-order valence-electron chi connectivity index (χ4n) is 5.10. The zero-order valence-corrected chi connectivity index (χ0v) is 21.8. The molecular formula is C25H31N7O4S. The number of aromatic nitrogens is 2. The molecule has 2 aliphatic rings. The van der Waals surface area contributed by atoms with Gasteiger partial charge in [-0.1, -0.05) is 0 Å². The van der Waals surface area contributed by atoms with Gasteiger partial charge >= 0.3 is 0 Å². The maximum absolute atomic E-state index is 13.4. The number of morpholine rings is 1. The molecule has 4 heterocycles. The molecule has 0 radical (unpaired) electrons. The van der Waals surface area contributed by atoms with Gasteiger partial charge < -0.3 is 25.1 Å². The van der Waals surface area contributed by atoms with Crippen LogP contribution in [0.25, 0.3) is 11.0 Å². The van der Waals surface area contributed by atoms with Gasteiger partial charge in [-0.25, -0.2) is 13.4 Å². The highest BCUT2D eigenvalue weighted by atomic mass is 32.2. The smallest absolute Gasteiger partial charge is 0.243 e. The van der Waals surface area contributed by atoms with Crippen molar-refractivity contribution in [1.29, 1.82) is 5.26 Å². The van der Waals surface area contributed by atoms with E-state index in [9.17, 15) is 13.7 Å². The van der Waals surface area contributed by atoms with Gasteiger partial charge in [-0.3, -0.25) is 4.90 Å². The van der Waals surface area contributed by atoms with E-state index in [0.717, 1.165) is 44.8 Å². The second-order valence-corrected chi connectivity index (χ2v) is 11.1. The molecule has 0 spiro atoms. The molecule has 3 aromatic rings. The van der Waals surface area contributed by atoms with Gasteiger partial charge in [-0.15, -0.1) is 0 Å². The van der Waals surface area contributed by atoms with Gasteiger partial charge in [-0.05, 0) is 25.0 Å². The molecule has 3 N–H and O–H groups in total. The van der Waals surface area contributed by atoms with Crippen LogP contribution in [0.15, 0.2) is 35.4 Å². The van der Waals surface area contributed by atoms with E-state index in [2.05, 4.69) is 31.6 Å². The number of nitrogens with zero attached hydrogens (tertiary/aromatic N) is 4. The highest BCUT2D eigenvalue weighted by Gasteiger charge is 2.32. The average molecular weight is 526 g/mol. The minimum atomic E-state index is -3.66. The minimum absolute atomic E-state index is 0.196. The number of anilines is 3. The first-order valence-corrected chi connectivity index (χ1v) is 13.8. The largest absolute Gasteiger partial charge is 0.495 e. The number of rotatable bonds is 7. The van der Waals surface area contributed by atoms with Crippen molar-refractivity contribution in [3.63, 3.8) is 0 Å². The lowest BCUT2D eigenvalue weighted by Gasteiger charge is -2.39. The molecule has 0 unspecified atom stereocenters. The Balaban J connectivity index is 1.34. The molecule has 11 nitrogen and oxygen atoms in total. The Morgan fingerprint density at radius 3 is 2.59 bits per heavy atom. The van der Waals surface area contributed by atoms with Crippen molar-refractivity contribution >= 4 is 38.2 Å². The van der Waals surface area contributed by atoms with Crippen molar-refractivity contribution in [2.45, 2.75) is 23.8 Å². The fraction of sp³-hybridized carbons (Fsp3) is 0.440. The Kier molecular flexibility index (Phi) is 7.21. The van der Waals surface area contributed by atoms with Gasteiger partial charge in [0.25, 0.3) is 0 Å². The number of nitriles is 1. The van der Waals surface area contributed by atoms with Crippen LogP contribution in [0.4, 0.5) is 17.2 Å². The first kappa shape index (κ1) is 25.3. The van der Waals surface area contributed by atoms with Crippen LogP contribution in [0, 0.1) is 11.3 Å². The predicted octanol–water partition coefficient (Wildman–Crippen LogP) is 2.71. The Bertz CT molecular complexity index is 1420. The second-order valence-electron chi connectivity index (χ2n) is 9.11. The Morgan fingerprint density at radius 1 is 1.16 bits per heavy atom. The van der Waals surface area contributed by atoms with Crippen LogP contribution in [0.5, 0.6) is 5.75 Å². The zero-order chi connectivity index (χ0) is 26.0. The summed E-state index contributed by atoms with van der Waals surface area (Å²) in [5, 5.41) is 16.4. The molecule has 0 aliphatic carbocycles. The molecule has 0 amide bonds. The summed E-state index contributed by atoms with van der Waals surface area (Å²) in [5.74, 6) is 0.906. The number of fused-ring (bicyclic) bond motifs is 1. The van der Waals surface area contributed by atoms with Crippen molar-refractivity contribution in [3.05, 3.63) is 36.0 Å². The van der Waals surface area contributed by atoms with E-state index < -0.39 is 10.0 Å². The summed E-state index contributed by atoms with van der Waals surface area (Å²) in [7, 11) is -0.378. The van der Waals surface area contributed by atoms with E-state index in [1.54, 1.807) is 41.8 Å². The number of hydrogen-bond acceptors (Lipinski definition) is 9. The summed E-state index contributed by atoms with van der Waals surface area (Å²) < 4.78 is 39.4. The fourth-order valence-corrected chi connectivity index (χ4v) is 6.58. The van der Waals surface area contributed by atoms with Crippen molar-refractivity contribution in [2.24, 2.45) is 0 Å². The van der Waals surface area contributed by atoms with Gasteiger partial charge in [0.15, 0.2) is 0 Å². The third-order valence-corrected chi connectivity index (χ3v) is 8.99. The SMILES string of the molecule is CNc1cc(Nc2ccc(S(=O)(=O)N3CCC(N4CCOCC4)CC3)cc2OC)nc2[nH]cc(C#N)c12. The summed E-state index contributed by atoms with van der Waals surface area (Å²) in [6.45, 7) is 4.27. The van der Waals surface area contributed by atoms with E-state index in [1.165, 1.54) is 7.11 Å². The molecular weight excluding hydrogens is 494 g/mol. The Hall–Kier alpha value is -3.37. The van der Waals surface area contributed by atoms with Gasteiger partial charge in [-0.2, -0.15) is 9.57 Å². The highest BCUT2D eigenvalue weighted by Crippen LogP contribution is 2.34. The van der Waals surface area contributed by atoms with Crippen LogP contribution in [0.2, 0.25) is 0 Å². The van der Waals surface area contributed by atoms with Crippen LogP contribution in [0.1, 0.15) is 18.4 Å². The van der Waals surface area contributed by atoms with E-state index in [-0.39, 0.29) is 4.90 Å². The maximum Gasteiger partial charge on any atom is 0.243 e. The van der Waals surface area contributed by atoms with Crippen molar-refractivity contribution in [1.82, 2.24) is 19.2 Å². The van der Waals surface area contributed by atoms with Gasteiger partial charge in [0, 0.05) is 63.3 Å². The topological polar surface area (TPSA) is 136 Å². The lowest BCUT2D eigenvalue weighted by atomic mass is 10.0. The summed E-state index contributed by atoms with van der Waals surface area (Å²) >= 11 is 0. The van der Waals surface area contributed by atoms with Gasteiger partial charge in [0.05, 0.1) is 41.9 Å². The molecule has 37 heavy (non-hydrogen) atoms. The Morgan fingerprint density at radius 2 is 1.92 bits per heavy atom. The predicted molar refractivity (Wildman–Crippen MR) is 141 cm³/mol. The van der Waals surface area contributed by atoms with E-state index >= 15 is 0 Å². The van der Waals surface area contributed by atoms with E-state index in [4.69, 9.17) is 9.47 Å². The monoisotopic (exact) mass is 525 g/mol. The van der Waals surface area contributed by atoms with Crippen LogP contribution >= 0.6 is 0 Å². The standard InChI is InChI=1S/C25H31N7O4S/c1-27-21-14-23(30-25-24(21)17(15-26)16-28-25)29-20-4-3-19(13-22(20)35-2)37(33,34)32-7-5-18(6-8-32)31-9-11-36-12-10-31/h3-4,13-14,16,18H,5-12H2,1-2H3,(H3,27,28,29,30). The lowest BCUT2D eigenvalue weighted by Crippen LogP contribution is -2.50. The lowest BCUT2D eigenvalue weighted by molar-refractivity contribution is 0.00610. The molecule has 2 aliphatic heterocycles. The summed E-state index contributed by atoms with van der Waals surface area (Å²) in [6, 6.07) is 9.17. The second kappa shape index (κ2) is 10.5. The highest BCUT2D eigenvalue weighted by molar-refractivity contribution is 7.89. The number of methoxy groups -OCH3 is 1. The van der Waals surface area contributed by atoms with Crippen LogP contribution in [-0.2, 0) is 14.8 Å². The minimum Gasteiger partial charge on any atom is -0.495 e. The normalized spacial score (nSPS) is 18.0. The molecule has 12 heteroatoms. The molecule has 5 rings (SSSR count). The number of benzene rings is 1. The third kappa shape index (κ3) is 4.95.